The maximum absolute atomic E-state index is 9.82. The molecule has 0 fully saturated rings. The fourth-order valence-corrected chi connectivity index (χ4v) is 2.41. The van der Waals surface area contributed by atoms with Gasteiger partial charge in [-0.05, 0) is 37.1 Å². The van der Waals surface area contributed by atoms with Crippen LogP contribution in [0.3, 0.4) is 0 Å². The lowest BCUT2D eigenvalue weighted by atomic mass is 10.0. The van der Waals surface area contributed by atoms with Gasteiger partial charge in [-0.2, -0.15) is 0 Å². The van der Waals surface area contributed by atoms with Gasteiger partial charge < -0.3 is 15.2 Å². The molecule has 0 spiro atoms. The normalized spacial score (nSPS) is 14.8. The van der Waals surface area contributed by atoms with Crippen molar-refractivity contribution in [3.8, 4) is 0 Å². The van der Waals surface area contributed by atoms with Gasteiger partial charge >= 0.3 is 0 Å². The Kier molecular flexibility index (Phi) is 8.30. The number of aliphatic hydroxyl groups is 1. The van der Waals surface area contributed by atoms with Gasteiger partial charge in [0.1, 0.15) is 0 Å². The number of thiophene rings is 1. The van der Waals surface area contributed by atoms with E-state index in [1.165, 1.54) is 11.3 Å². The van der Waals surface area contributed by atoms with Crippen molar-refractivity contribution in [3.05, 3.63) is 22.4 Å². The van der Waals surface area contributed by atoms with Crippen LogP contribution in [0, 0.1) is 5.92 Å². The van der Waals surface area contributed by atoms with Gasteiger partial charge in [-0.3, -0.25) is 0 Å². The van der Waals surface area contributed by atoms with E-state index in [-0.39, 0.29) is 0 Å². The molecule has 2 N–H and O–H groups in total. The Morgan fingerprint density at radius 1 is 1.32 bits per heavy atom. The van der Waals surface area contributed by atoms with E-state index in [2.05, 4.69) is 26.1 Å². The molecule has 1 rings (SSSR count). The first-order valence-corrected chi connectivity index (χ1v) is 7.97. The second-order valence-electron chi connectivity index (χ2n) is 5.53. The smallest absolute Gasteiger partial charge is 0.0897 e. The average molecular weight is 285 g/mol. The van der Waals surface area contributed by atoms with Gasteiger partial charge in [0.2, 0.25) is 0 Å². The molecule has 0 bridgehead atoms. The van der Waals surface area contributed by atoms with Crippen molar-refractivity contribution in [2.24, 2.45) is 5.92 Å². The van der Waals surface area contributed by atoms with E-state index in [4.69, 9.17) is 4.74 Å². The lowest BCUT2D eigenvalue weighted by Crippen LogP contribution is -2.36. The van der Waals surface area contributed by atoms with Gasteiger partial charge in [-0.15, -0.1) is 11.3 Å². The van der Waals surface area contributed by atoms with Crippen LogP contribution in [0.15, 0.2) is 17.5 Å². The molecular weight excluding hydrogens is 258 g/mol. The van der Waals surface area contributed by atoms with Crippen molar-refractivity contribution in [2.45, 2.75) is 52.4 Å². The monoisotopic (exact) mass is 285 g/mol. The SMILES string of the molecule is CC(C)CC[C@H](C)NC[C@H](O)COCc1cccs1. The summed E-state index contributed by atoms with van der Waals surface area (Å²) in [7, 11) is 0. The van der Waals surface area contributed by atoms with Crippen LogP contribution in [0.5, 0.6) is 0 Å². The van der Waals surface area contributed by atoms with E-state index in [1.807, 2.05) is 17.5 Å². The summed E-state index contributed by atoms with van der Waals surface area (Å²) in [4.78, 5) is 1.20. The number of hydrogen-bond donors (Lipinski definition) is 2. The van der Waals surface area contributed by atoms with Crippen LogP contribution in [0.4, 0.5) is 0 Å². The summed E-state index contributed by atoms with van der Waals surface area (Å²) in [6.45, 7) is 8.23. The van der Waals surface area contributed by atoms with E-state index in [0.29, 0.717) is 25.8 Å². The van der Waals surface area contributed by atoms with Crippen molar-refractivity contribution in [1.29, 1.82) is 0 Å². The van der Waals surface area contributed by atoms with Crippen molar-refractivity contribution in [3.63, 3.8) is 0 Å². The molecule has 3 nitrogen and oxygen atoms in total. The third-order valence-corrected chi connectivity index (χ3v) is 3.86. The molecule has 0 aromatic carbocycles. The van der Waals surface area contributed by atoms with E-state index in [1.54, 1.807) is 11.3 Å². The fraction of sp³-hybridized carbons (Fsp3) is 0.733. The average Bonchev–Trinajstić information content (AvgIpc) is 2.87. The van der Waals surface area contributed by atoms with Gasteiger partial charge in [0.15, 0.2) is 0 Å². The molecule has 19 heavy (non-hydrogen) atoms. The number of aliphatic hydroxyl groups excluding tert-OH is 1. The lowest BCUT2D eigenvalue weighted by Gasteiger charge is -2.18. The first-order chi connectivity index (χ1) is 9.08. The standard InChI is InChI=1S/C15H27NO2S/c1-12(2)6-7-13(3)16-9-14(17)10-18-11-15-5-4-8-19-15/h4-5,8,12-14,16-17H,6-7,9-11H2,1-3H3/t13-,14-/m0/s1. The molecule has 0 saturated heterocycles. The van der Waals surface area contributed by atoms with E-state index >= 15 is 0 Å². The van der Waals surface area contributed by atoms with Crippen molar-refractivity contribution >= 4 is 11.3 Å². The Balaban J connectivity index is 2.02. The maximum atomic E-state index is 9.82. The summed E-state index contributed by atoms with van der Waals surface area (Å²) in [5.41, 5.74) is 0. The van der Waals surface area contributed by atoms with Crippen molar-refractivity contribution in [1.82, 2.24) is 5.32 Å². The minimum Gasteiger partial charge on any atom is -0.389 e. The van der Waals surface area contributed by atoms with Gasteiger partial charge in [-0.1, -0.05) is 19.9 Å². The van der Waals surface area contributed by atoms with Crippen LogP contribution in [0.25, 0.3) is 0 Å². The fourth-order valence-electron chi connectivity index (χ4n) is 1.77. The Bertz CT molecular complexity index is 314. The minimum atomic E-state index is -0.429. The summed E-state index contributed by atoms with van der Waals surface area (Å²) in [6, 6.07) is 4.51. The zero-order chi connectivity index (χ0) is 14.1. The number of ether oxygens (including phenoxy) is 1. The molecule has 1 aromatic rings. The first-order valence-electron chi connectivity index (χ1n) is 7.09. The van der Waals surface area contributed by atoms with Crippen LogP contribution in [-0.2, 0) is 11.3 Å². The maximum Gasteiger partial charge on any atom is 0.0897 e. The van der Waals surface area contributed by atoms with Crippen LogP contribution in [0.2, 0.25) is 0 Å². The first kappa shape index (κ1) is 16.6. The molecule has 4 heteroatoms. The molecule has 110 valence electrons. The largest absolute Gasteiger partial charge is 0.389 e. The summed E-state index contributed by atoms with van der Waals surface area (Å²) in [5.74, 6) is 0.739. The Labute approximate surface area is 121 Å². The zero-order valence-corrected chi connectivity index (χ0v) is 13.1. The quantitative estimate of drug-likeness (QED) is 0.694. The van der Waals surface area contributed by atoms with Crippen LogP contribution in [0.1, 0.15) is 38.5 Å². The summed E-state index contributed by atoms with van der Waals surface area (Å²) in [5, 5.41) is 15.2. The highest BCUT2D eigenvalue weighted by Crippen LogP contribution is 2.09. The highest BCUT2D eigenvalue weighted by atomic mass is 32.1. The number of rotatable bonds is 10. The number of hydrogen-bond acceptors (Lipinski definition) is 4. The topological polar surface area (TPSA) is 41.5 Å². The molecule has 0 unspecified atom stereocenters. The molecular formula is C15H27NO2S. The third-order valence-electron chi connectivity index (χ3n) is 3.01. The second-order valence-corrected chi connectivity index (χ2v) is 6.56. The Morgan fingerprint density at radius 2 is 2.11 bits per heavy atom. The summed E-state index contributed by atoms with van der Waals surface area (Å²) < 4.78 is 5.49. The molecule has 0 aliphatic heterocycles. The van der Waals surface area contributed by atoms with Gasteiger partial charge in [-0.25, -0.2) is 0 Å². The van der Waals surface area contributed by atoms with Crippen LogP contribution < -0.4 is 5.32 Å². The molecule has 2 atom stereocenters. The highest BCUT2D eigenvalue weighted by Gasteiger charge is 2.08. The van der Waals surface area contributed by atoms with E-state index in [9.17, 15) is 5.11 Å². The van der Waals surface area contributed by atoms with Crippen molar-refractivity contribution in [2.75, 3.05) is 13.2 Å². The Hall–Kier alpha value is -0.420. The Morgan fingerprint density at radius 3 is 2.74 bits per heavy atom. The predicted octanol–water partition coefficient (Wildman–Crippen LogP) is 3.04. The molecule has 0 aliphatic carbocycles. The van der Waals surface area contributed by atoms with E-state index in [0.717, 1.165) is 12.3 Å². The number of nitrogens with one attached hydrogen (secondary N) is 1. The van der Waals surface area contributed by atoms with Crippen LogP contribution in [-0.4, -0.2) is 30.4 Å². The van der Waals surface area contributed by atoms with Gasteiger partial charge in [0, 0.05) is 17.5 Å². The van der Waals surface area contributed by atoms with Crippen LogP contribution >= 0.6 is 11.3 Å². The molecule has 1 heterocycles. The molecule has 0 radical (unpaired) electrons. The highest BCUT2D eigenvalue weighted by molar-refractivity contribution is 7.09. The van der Waals surface area contributed by atoms with Gasteiger partial charge in [0.05, 0.1) is 19.3 Å². The van der Waals surface area contributed by atoms with Crippen molar-refractivity contribution < 1.29 is 9.84 Å². The molecule has 0 saturated carbocycles. The molecule has 1 aromatic heterocycles. The van der Waals surface area contributed by atoms with Gasteiger partial charge in [0.25, 0.3) is 0 Å². The second kappa shape index (κ2) is 9.48. The zero-order valence-electron chi connectivity index (χ0n) is 12.3. The molecule has 0 aliphatic rings. The minimum absolute atomic E-state index is 0.391. The summed E-state index contributed by atoms with van der Waals surface area (Å²) >= 11 is 1.68. The molecule has 0 amide bonds. The lowest BCUT2D eigenvalue weighted by molar-refractivity contribution is 0.0286. The predicted molar refractivity (Wildman–Crippen MR) is 81.5 cm³/mol. The summed E-state index contributed by atoms with van der Waals surface area (Å²) in [6.07, 6.45) is 1.95. The third kappa shape index (κ3) is 8.37. The van der Waals surface area contributed by atoms with E-state index < -0.39 is 6.10 Å².